The number of aliphatic hydroxyl groups is 1. The summed E-state index contributed by atoms with van der Waals surface area (Å²) < 4.78 is 5.64. The standard InChI is InChI=1S/C10H9BrClN3O2/c11-6-3-5(1-2-7(6)12)9-14-10(17-15-9)8(16)4-13/h1-3,8,16H,4,13H2/t8-/m0/s1. The maximum Gasteiger partial charge on any atom is 0.257 e. The van der Waals surface area contributed by atoms with Gasteiger partial charge in [0.1, 0.15) is 6.10 Å². The topological polar surface area (TPSA) is 85.2 Å². The van der Waals surface area contributed by atoms with E-state index in [0.717, 1.165) is 10.0 Å². The average Bonchev–Trinajstić information content (AvgIpc) is 2.81. The number of benzene rings is 1. The molecule has 90 valence electrons. The monoisotopic (exact) mass is 317 g/mol. The summed E-state index contributed by atoms with van der Waals surface area (Å²) in [5, 5.41) is 13.8. The first-order valence-corrected chi connectivity index (χ1v) is 5.96. The van der Waals surface area contributed by atoms with Crippen LogP contribution < -0.4 is 5.73 Å². The fourth-order valence-corrected chi connectivity index (χ4v) is 1.72. The molecule has 0 saturated heterocycles. The van der Waals surface area contributed by atoms with Gasteiger partial charge in [0.15, 0.2) is 0 Å². The van der Waals surface area contributed by atoms with Crippen LogP contribution in [0.3, 0.4) is 0 Å². The van der Waals surface area contributed by atoms with Crippen LogP contribution in [0.15, 0.2) is 27.2 Å². The number of rotatable bonds is 3. The quantitative estimate of drug-likeness (QED) is 0.905. The number of nitrogens with zero attached hydrogens (tertiary/aromatic N) is 2. The molecule has 0 fully saturated rings. The summed E-state index contributed by atoms with van der Waals surface area (Å²) in [4.78, 5) is 4.05. The van der Waals surface area contributed by atoms with E-state index >= 15 is 0 Å². The van der Waals surface area contributed by atoms with Crippen molar-refractivity contribution in [2.45, 2.75) is 6.10 Å². The molecule has 7 heteroatoms. The van der Waals surface area contributed by atoms with Crippen LogP contribution in [-0.4, -0.2) is 21.8 Å². The Morgan fingerprint density at radius 3 is 2.94 bits per heavy atom. The molecule has 0 radical (unpaired) electrons. The van der Waals surface area contributed by atoms with Crippen molar-refractivity contribution in [2.24, 2.45) is 5.73 Å². The van der Waals surface area contributed by atoms with E-state index in [4.69, 9.17) is 21.9 Å². The summed E-state index contributed by atoms with van der Waals surface area (Å²) in [6.45, 7) is 0.0337. The summed E-state index contributed by atoms with van der Waals surface area (Å²) in [6, 6.07) is 5.25. The van der Waals surface area contributed by atoms with Crippen molar-refractivity contribution in [3.63, 3.8) is 0 Å². The molecule has 0 saturated carbocycles. The Morgan fingerprint density at radius 2 is 2.29 bits per heavy atom. The highest BCUT2D eigenvalue weighted by Crippen LogP contribution is 2.27. The second-order valence-electron chi connectivity index (χ2n) is 3.34. The SMILES string of the molecule is NC[C@H](O)c1nc(-c2ccc(Cl)c(Br)c2)no1. The van der Waals surface area contributed by atoms with Gasteiger partial charge < -0.3 is 15.4 Å². The summed E-state index contributed by atoms with van der Waals surface area (Å²) in [5.41, 5.74) is 6.03. The molecular weight excluding hydrogens is 309 g/mol. The van der Waals surface area contributed by atoms with Crippen molar-refractivity contribution < 1.29 is 9.63 Å². The Balaban J connectivity index is 2.33. The molecule has 1 aromatic carbocycles. The second kappa shape index (κ2) is 5.14. The van der Waals surface area contributed by atoms with Crippen LogP contribution >= 0.6 is 27.5 Å². The van der Waals surface area contributed by atoms with E-state index in [0.29, 0.717) is 10.8 Å². The van der Waals surface area contributed by atoms with Crippen LogP contribution in [-0.2, 0) is 0 Å². The van der Waals surface area contributed by atoms with Crippen LogP contribution in [0.1, 0.15) is 12.0 Å². The zero-order valence-corrected chi connectivity index (χ0v) is 10.9. The minimum Gasteiger partial charge on any atom is -0.382 e. The van der Waals surface area contributed by atoms with E-state index in [1.54, 1.807) is 18.2 Å². The highest BCUT2D eigenvalue weighted by atomic mass is 79.9. The van der Waals surface area contributed by atoms with E-state index in [-0.39, 0.29) is 12.4 Å². The van der Waals surface area contributed by atoms with Gasteiger partial charge in [-0.25, -0.2) is 0 Å². The first-order chi connectivity index (χ1) is 8.11. The van der Waals surface area contributed by atoms with Gasteiger partial charge >= 0.3 is 0 Å². The summed E-state index contributed by atoms with van der Waals surface area (Å²) >= 11 is 9.18. The number of aromatic nitrogens is 2. The van der Waals surface area contributed by atoms with Gasteiger partial charge in [0.05, 0.1) is 5.02 Å². The van der Waals surface area contributed by atoms with Crippen LogP contribution in [0.25, 0.3) is 11.4 Å². The van der Waals surface area contributed by atoms with E-state index in [2.05, 4.69) is 26.1 Å². The van der Waals surface area contributed by atoms with E-state index < -0.39 is 6.10 Å². The predicted octanol–water partition coefficient (Wildman–Crippen LogP) is 2.14. The molecule has 17 heavy (non-hydrogen) atoms. The molecular formula is C10H9BrClN3O2. The first kappa shape index (κ1) is 12.5. The van der Waals surface area contributed by atoms with E-state index in [9.17, 15) is 5.11 Å². The number of nitrogens with two attached hydrogens (primary N) is 1. The lowest BCUT2D eigenvalue weighted by atomic mass is 10.2. The fraction of sp³-hybridized carbons (Fsp3) is 0.200. The molecule has 0 unspecified atom stereocenters. The smallest absolute Gasteiger partial charge is 0.257 e. The van der Waals surface area contributed by atoms with Crippen LogP contribution in [0.2, 0.25) is 5.02 Å². The molecule has 0 aliphatic heterocycles. The van der Waals surface area contributed by atoms with Gasteiger partial charge in [0, 0.05) is 16.6 Å². The Kier molecular flexibility index (Phi) is 3.78. The van der Waals surface area contributed by atoms with Crippen molar-refractivity contribution in [2.75, 3.05) is 6.54 Å². The fourth-order valence-electron chi connectivity index (χ4n) is 1.22. The third-order valence-electron chi connectivity index (χ3n) is 2.13. The van der Waals surface area contributed by atoms with Crippen molar-refractivity contribution in [1.82, 2.24) is 10.1 Å². The van der Waals surface area contributed by atoms with Gasteiger partial charge in [-0.1, -0.05) is 16.8 Å². The third kappa shape index (κ3) is 2.66. The van der Waals surface area contributed by atoms with Crippen LogP contribution in [0.5, 0.6) is 0 Å². The highest BCUT2D eigenvalue weighted by molar-refractivity contribution is 9.10. The van der Waals surface area contributed by atoms with Gasteiger partial charge in [-0.15, -0.1) is 0 Å². The van der Waals surface area contributed by atoms with Gasteiger partial charge in [-0.05, 0) is 34.1 Å². The summed E-state index contributed by atoms with van der Waals surface area (Å²) in [7, 11) is 0. The maximum atomic E-state index is 9.44. The third-order valence-corrected chi connectivity index (χ3v) is 3.34. The van der Waals surface area contributed by atoms with Gasteiger partial charge in [0.2, 0.25) is 5.82 Å². The van der Waals surface area contributed by atoms with Crippen molar-refractivity contribution >= 4 is 27.5 Å². The molecule has 0 aliphatic rings. The van der Waals surface area contributed by atoms with Crippen LogP contribution in [0.4, 0.5) is 0 Å². The zero-order valence-electron chi connectivity index (χ0n) is 8.60. The lowest BCUT2D eigenvalue weighted by Gasteiger charge is -1.99. The van der Waals surface area contributed by atoms with Crippen LogP contribution in [0, 0.1) is 0 Å². The Morgan fingerprint density at radius 1 is 1.53 bits per heavy atom. The molecule has 0 spiro atoms. The zero-order chi connectivity index (χ0) is 12.4. The maximum absolute atomic E-state index is 9.44. The van der Waals surface area contributed by atoms with Gasteiger partial charge in [-0.3, -0.25) is 0 Å². The molecule has 3 N–H and O–H groups in total. The Hall–Kier alpha value is -0.950. The van der Waals surface area contributed by atoms with E-state index in [1.165, 1.54) is 0 Å². The Bertz CT molecular complexity index is 532. The average molecular weight is 319 g/mol. The van der Waals surface area contributed by atoms with Gasteiger partial charge in [0.25, 0.3) is 5.89 Å². The first-order valence-electron chi connectivity index (χ1n) is 4.79. The molecule has 1 aromatic heterocycles. The lowest BCUT2D eigenvalue weighted by molar-refractivity contribution is 0.141. The Labute approximate surface area is 111 Å². The molecule has 2 aromatic rings. The minimum atomic E-state index is -0.938. The second-order valence-corrected chi connectivity index (χ2v) is 4.60. The largest absolute Gasteiger partial charge is 0.382 e. The van der Waals surface area contributed by atoms with E-state index in [1.807, 2.05) is 0 Å². The summed E-state index contributed by atoms with van der Waals surface area (Å²) in [5.74, 6) is 0.485. The number of hydrogen-bond acceptors (Lipinski definition) is 5. The number of hydrogen-bond donors (Lipinski definition) is 2. The number of halogens is 2. The molecule has 2 rings (SSSR count). The van der Waals surface area contributed by atoms with Crippen molar-refractivity contribution in [1.29, 1.82) is 0 Å². The highest BCUT2D eigenvalue weighted by Gasteiger charge is 2.15. The predicted molar refractivity (Wildman–Crippen MR) is 66.5 cm³/mol. The molecule has 0 bridgehead atoms. The number of aliphatic hydroxyl groups excluding tert-OH is 1. The van der Waals surface area contributed by atoms with Gasteiger partial charge in [-0.2, -0.15) is 4.98 Å². The molecule has 5 nitrogen and oxygen atoms in total. The lowest BCUT2D eigenvalue weighted by Crippen LogP contribution is -2.11. The minimum absolute atomic E-state index is 0.0337. The molecule has 1 atom stereocenters. The molecule has 0 amide bonds. The molecule has 0 aliphatic carbocycles. The summed E-state index contributed by atoms with van der Waals surface area (Å²) in [6.07, 6.45) is -0.938. The normalized spacial score (nSPS) is 12.7. The molecule has 1 heterocycles. The van der Waals surface area contributed by atoms with Crippen molar-refractivity contribution in [3.8, 4) is 11.4 Å². The van der Waals surface area contributed by atoms with Crippen molar-refractivity contribution in [3.05, 3.63) is 33.6 Å².